The molecule has 3 aromatic rings. The first-order valence-corrected chi connectivity index (χ1v) is 9.77. The molecule has 0 saturated heterocycles. The SMILES string of the molecule is CCOc1ccc(C(=O)Nc2ccccc2C(F)(F)F)cc1COc1ccc(Cl)cc1. The Labute approximate surface area is 182 Å². The molecule has 0 aliphatic heterocycles. The molecule has 0 aromatic heterocycles. The summed E-state index contributed by atoms with van der Waals surface area (Å²) in [6.07, 6.45) is -4.58. The van der Waals surface area contributed by atoms with Crippen molar-refractivity contribution < 1.29 is 27.4 Å². The minimum atomic E-state index is -4.58. The molecule has 0 aliphatic carbocycles. The van der Waals surface area contributed by atoms with E-state index in [0.29, 0.717) is 28.7 Å². The first-order valence-electron chi connectivity index (χ1n) is 9.39. The standard InChI is InChI=1S/C23H19ClF3NO3/c1-2-30-21-12-7-15(13-16(21)14-31-18-10-8-17(24)9-11-18)22(29)28-20-6-4-3-5-19(20)23(25,26)27/h3-13H,2,14H2,1H3,(H,28,29). The van der Waals surface area contributed by atoms with Crippen LogP contribution in [0.4, 0.5) is 18.9 Å². The Morgan fingerprint density at radius 2 is 1.71 bits per heavy atom. The van der Waals surface area contributed by atoms with Crippen LogP contribution in [0.2, 0.25) is 5.02 Å². The van der Waals surface area contributed by atoms with Crippen molar-refractivity contribution in [3.63, 3.8) is 0 Å². The van der Waals surface area contributed by atoms with Gasteiger partial charge in [0.2, 0.25) is 0 Å². The molecule has 0 bridgehead atoms. The molecule has 3 rings (SSSR count). The van der Waals surface area contributed by atoms with Gasteiger partial charge in [0.05, 0.1) is 17.9 Å². The number of carbonyl (C=O) groups excluding carboxylic acids is 1. The van der Waals surface area contributed by atoms with E-state index in [2.05, 4.69) is 5.32 Å². The summed E-state index contributed by atoms with van der Waals surface area (Å²) in [7, 11) is 0. The summed E-state index contributed by atoms with van der Waals surface area (Å²) in [5.74, 6) is 0.414. The molecule has 3 aromatic carbocycles. The van der Waals surface area contributed by atoms with Crippen LogP contribution in [0.15, 0.2) is 66.7 Å². The highest BCUT2D eigenvalue weighted by Gasteiger charge is 2.33. The molecule has 0 fully saturated rings. The lowest BCUT2D eigenvalue weighted by atomic mass is 10.1. The van der Waals surface area contributed by atoms with E-state index in [-0.39, 0.29) is 17.9 Å². The lowest BCUT2D eigenvalue weighted by molar-refractivity contribution is -0.136. The Morgan fingerprint density at radius 1 is 1.00 bits per heavy atom. The predicted octanol–water partition coefficient (Wildman–Crippen LogP) is 6.59. The normalized spacial score (nSPS) is 11.1. The van der Waals surface area contributed by atoms with E-state index in [1.165, 1.54) is 30.3 Å². The predicted molar refractivity (Wildman–Crippen MR) is 113 cm³/mol. The van der Waals surface area contributed by atoms with Crippen LogP contribution >= 0.6 is 11.6 Å². The van der Waals surface area contributed by atoms with Gasteiger partial charge >= 0.3 is 6.18 Å². The van der Waals surface area contributed by atoms with Crippen LogP contribution in [0.1, 0.15) is 28.4 Å². The zero-order chi connectivity index (χ0) is 22.4. The molecule has 31 heavy (non-hydrogen) atoms. The Hall–Kier alpha value is -3.19. The second kappa shape index (κ2) is 9.75. The van der Waals surface area contributed by atoms with E-state index in [0.717, 1.165) is 6.07 Å². The van der Waals surface area contributed by atoms with E-state index in [4.69, 9.17) is 21.1 Å². The van der Waals surface area contributed by atoms with Gasteiger partial charge in [-0.25, -0.2) is 0 Å². The number of benzene rings is 3. The largest absolute Gasteiger partial charge is 0.493 e. The number of ether oxygens (including phenoxy) is 2. The van der Waals surface area contributed by atoms with Gasteiger partial charge in [-0.05, 0) is 61.5 Å². The van der Waals surface area contributed by atoms with E-state index in [1.54, 1.807) is 30.3 Å². The Balaban J connectivity index is 1.82. The molecular formula is C23H19ClF3NO3. The van der Waals surface area contributed by atoms with Crippen molar-refractivity contribution >= 4 is 23.2 Å². The molecule has 0 heterocycles. The van der Waals surface area contributed by atoms with E-state index in [9.17, 15) is 18.0 Å². The number of halogens is 4. The van der Waals surface area contributed by atoms with Gasteiger partial charge in [0.15, 0.2) is 0 Å². The van der Waals surface area contributed by atoms with Crippen molar-refractivity contribution in [1.29, 1.82) is 0 Å². The summed E-state index contributed by atoms with van der Waals surface area (Å²) >= 11 is 5.87. The summed E-state index contributed by atoms with van der Waals surface area (Å²) in [6.45, 7) is 2.31. The van der Waals surface area contributed by atoms with E-state index in [1.807, 2.05) is 6.92 Å². The molecule has 0 saturated carbocycles. The third kappa shape index (κ3) is 5.92. The van der Waals surface area contributed by atoms with Gasteiger partial charge in [0.1, 0.15) is 18.1 Å². The van der Waals surface area contributed by atoms with Crippen LogP contribution in [-0.4, -0.2) is 12.5 Å². The number of hydrogen-bond donors (Lipinski definition) is 1. The highest BCUT2D eigenvalue weighted by Crippen LogP contribution is 2.35. The smallest absolute Gasteiger partial charge is 0.418 e. The third-order valence-electron chi connectivity index (χ3n) is 4.31. The first-order chi connectivity index (χ1) is 14.8. The van der Waals surface area contributed by atoms with E-state index >= 15 is 0 Å². The van der Waals surface area contributed by atoms with E-state index < -0.39 is 17.6 Å². The fourth-order valence-corrected chi connectivity index (χ4v) is 2.98. The van der Waals surface area contributed by atoms with Crippen LogP contribution < -0.4 is 14.8 Å². The van der Waals surface area contributed by atoms with Crippen LogP contribution in [-0.2, 0) is 12.8 Å². The highest BCUT2D eigenvalue weighted by atomic mass is 35.5. The van der Waals surface area contributed by atoms with Gasteiger partial charge in [-0.3, -0.25) is 4.79 Å². The van der Waals surface area contributed by atoms with Gasteiger partial charge in [0.25, 0.3) is 5.91 Å². The number of hydrogen-bond acceptors (Lipinski definition) is 3. The summed E-state index contributed by atoms with van der Waals surface area (Å²) in [6, 6.07) is 16.2. The number of para-hydroxylation sites is 1. The van der Waals surface area contributed by atoms with Crippen molar-refractivity contribution in [2.45, 2.75) is 19.7 Å². The number of alkyl halides is 3. The van der Waals surface area contributed by atoms with Gasteiger partial charge in [-0.2, -0.15) is 13.2 Å². The fraction of sp³-hybridized carbons (Fsp3) is 0.174. The summed E-state index contributed by atoms with van der Waals surface area (Å²) in [5.41, 5.74) is -0.475. The fourth-order valence-electron chi connectivity index (χ4n) is 2.86. The zero-order valence-corrected chi connectivity index (χ0v) is 17.3. The van der Waals surface area contributed by atoms with Crippen LogP contribution in [0, 0.1) is 0 Å². The van der Waals surface area contributed by atoms with Crippen molar-refractivity contribution in [2.75, 3.05) is 11.9 Å². The molecule has 1 N–H and O–H groups in total. The Kier molecular flexibility index (Phi) is 7.07. The summed E-state index contributed by atoms with van der Waals surface area (Å²) in [4.78, 5) is 12.7. The molecule has 8 heteroatoms. The van der Waals surface area contributed by atoms with Crippen molar-refractivity contribution in [3.05, 3.63) is 88.4 Å². The number of amides is 1. The average Bonchev–Trinajstić information content (AvgIpc) is 2.74. The van der Waals surface area contributed by atoms with Gasteiger partial charge in [0, 0.05) is 16.1 Å². The second-order valence-corrected chi connectivity index (χ2v) is 6.93. The molecule has 0 radical (unpaired) electrons. The summed E-state index contributed by atoms with van der Waals surface area (Å²) in [5, 5.41) is 2.91. The maximum atomic E-state index is 13.2. The lowest BCUT2D eigenvalue weighted by Gasteiger charge is -2.15. The quantitative estimate of drug-likeness (QED) is 0.442. The maximum absolute atomic E-state index is 13.2. The molecule has 0 spiro atoms. The van der Waals surface area contributed by atoms with Gasteiger partial charge < -0.3 is 14.8 Å². The lowest BCUT2D eigenvalue weighted by Crippen LogP contribution is -2.17. The Morgan fingerprint density at radius 3 is 2.39 bits per heavy atom. The van der Waals surface area contributed by atoms with Crippen molar-refractivity contribution in [1.82, 2.24) is 0 Å². The Bertz CT molecular complexity index is 1050. The second-order valence-electron chi connectivity index (χ2n) is 6.50. The number of carbonyl (C=O) groups is 1. The molecule has 4 nitrogen and oxygen atoms in total. The highest BCUT2D eigenvalue weighted by molar-refractivity contribution is 6.30. The number of rotatable bonds is 7. The molecule has 0 aliphatic rings. The third-order valence-corrected chi connectivity index (χ3v) is 4.56. The minimum absolute atomic E-state index is 0.0945. The molecule has 0 unspecified atom stereocenters. The van der Waals surface area contributed by atoms with Crippen LogP contribution in [0.25, 0.3) is 0 Å². The zero-order valence-electron chi connectivity index (χ0n) is 16.5. The maximum Gasteiger partial charge on any atom is 0.418 e. The molecule has 0 atom stereocenters. The summed E-state index contributed by atoms with van der Waals surface area (Å²) < 4.78 is 50.9. The number of anilines is 1. The van der Waals surface area contributed by atoms with Gasteiger partial charge in [-0.1, -0.05) is 23.7 Å². The van der Waals surface area contributed by atoms with Gasteiger partial charge in [-0.15, -0.1) is 0 Å². The minimum Gasteiger partial charge on any atom is -0.493 e. The molecule has 1 amide bonds. The first kappa shape index (κ1) is 22.5. The monoisotopic (exact) mass is 449 g/mol. The topological polar surface area (TPSA) is 47.6 Å². The van der Waals surface area contributed by atoms with Crippen molar-refractivity contribution in [3.8, 4) is 11.5 Å². The number of nitrogens with one attached hydrogen (secondary N) is 1. The molecular weight excluding hydrogens is 431 g/mol. The molecule has 162 valence electrons. The van der Waals surface area contributed by atoms with Crippen LogP contribution in [0.3, 0.4) is 0 Å². The van der Waals surface area contributed by atoms with Crippen molar-refractivity contribution in [2.24, 2.45) is 0 Å². The average molecular weight is 450 g/mol. The van der Waals surface area contributed by atoms with Crippen LogP contribution in [0.5, 0.6) is 11.5 Å².